The Morgan fingerprint density at radius 1 is 1.37 bits per heavy atom. The number of aromatic nitrogens is 3. The van der Waals surface area contributed by atoms with Gasteiger partial charge in [0.25, 0.3) is 0 Å². The summed E-state index contributed by atoms with van der Waals surface area (Å²) in [6.07, 6.45) is 1.29. The molecule has 1 aliphatic rings. The van der Waals surface area contributed by atoms with Gasteiger partial charge in [-0.2, -0.15) is 0 Å². The minimum absolute atomic E-state index is 0.0669. The summed E-state index contributed by atoms with van der Waals surface area (Å²) in [5, 5.41) is 9.29. The average molecular weight is 378 g/mol. The minimum atomic E-state index is -1.06. The Bertz CT molecular complexity index is 853. The first-order chi connectivity index (χ1) is 13.0. The van der Waals surface area contributed by atoms with E-state index in [9.17, 15) is 14.7 Å². The van der Waals surface area contributed by atoms with Crippen molar-refractivity contribution in [2.75, 3.05) is 39.5 Å². The van der Waals surface area contributed by atoms with Crippen molar-refractivity contribution in [1.82, 2.24) is 19.0 Å². The first kappa shape index (κ1) is 19.5. The molecule has 1 saturated heterocycles. The third kappa shape index (κ3) is 4.20. The van der Waals surface area contributed by atoms with Crippen LogP contribution in [0.25, 0.3) is 11.2 Å². The van der Waals surface area contributed by atoms with E-state index in [2.05, 4.69) is 16.8 Å². The fourth-order valence-electron chi connectivity index (χ4n) is 3.38. The minimum Gasteiger partial charge on any atom is -0.478 e. The van der Waals surface area contributed by atoms with E-state index in [-0.39, 0.29) is 17.3 Å². The number of rotatable bonds is 8. The smallest absolute Gasteiger partial charge is 0.337 e. The van der Waals surface area contributed by atoms with Gasteiger partial charge in [0.2, 0.25) is 0 Å². The fourth-order valence-corrected chi connectivity index (χ4v) is 3.38. The second-order valence-corrected chi connectivity index (χ2v) is 6.61. The molecule has 3 rings (SSSR count). The lowest BCUT2D eigenvalue weighted by Gasteiger charge is -2.32. The Labute approximate surface area is 157 Å². The SMILES string of the molecule is CCOCCn1c(=O)n(C[C@H](C)N2CCOCC2)c2cc(C(=O)O)cnc21. The van der Waals surface area contributed by atoms with Gasteiger partial charge >= 0.3 is 11.7 Å². The Morgan fingerprint density at radius 3 is 2.78 bits per heavy atom. The molecule has 0 aliphatic carbocycles. The number of imidazole rings is 1. The second kappa shape index (κ2) is 8.64. The highest BCUT2D eigenvalue weighted by Crippen LogP contribution is 2.15. The van der Waals surface area contributed by atoms with Crippen molar-refractivity contribution in [3.05, 3.63) is 28.3 Å². The zero-order valence-corrected chi connectivity index (χ0v) is 15.8. The molecular formula is C18H26N4O5. The summed E-state index contributed by atoms with van der Waals surface area (Å²) in [5.41, 5.74) is 0.896. The molecule has 148 valence electrons. The summed E-state index contributed by atoms with van der Waals surface area (Å²) in [4.78, 5) is 30.9. The maximum absolute atomic E-state index is 13.0. The molecule has 0 saturated carbocycles. The Kier molecular flexibility index (Phi) is 6.25. The molecule has 3 heterocycles. The normalized spacial score (nSPS) is 16.7. The molecular weight excluding hydrogens is 352 g/mol. The molecule has 2 aromatic heterocycles. The van der Waals surface area contributed by atoms with Crippen molar-refractivity contribution in [3.63, 3.8) is 0 Å². The third-order valence-electron chi connectivity index (χ3n) is 4.88. The van der Waals surface area contributed by atoms with Crippen molar-refractivity contribution in [2.45, 2.75) is 33.0 Å². The highest BCUT2D eigenvalue weighted by molar-refractivity contribution is 5.90. The van der Waals surface area contributed by atoms with Crippen molar-refractivity contribution in [1.29, 1.82) is 0 Å². The molecule has 0 radical (unpaired) electrons. The second-order valence-electron chi connectivity index (χ2n) is 6.61. The zero-order valence-electron chi connectivity index (χ0n) is 15.8. The van der Waals surface area contributed by atoms with Crippen LogP contribution in [0.15, 0.2) is 17.1 Å². The highest BCUT2D eigenvalue weighted by Gasteiger charge is 2.22. The molecule has 0 spiro atoms. The van der Waals surface area contributed by atoms with E-state index >= 15 is 0 Å². The average Bonchev–Trinajstić information content (AvgIpc) is 2.94. The third-order valence-corrected chi connectivity index (χ3v) is 4.88. The molecule has 9 nitrogen and oxygen atoms in total. The quantitative estimate of drug-likeness (QED) is 0.674. The van der Waals surface area contributed by atoms with E-state index in [0.717, 1.165) is 13.1 Å². The van der Waals surface area contributed by atoms with E-state index in [1.165, 1.54) is 12.3 Å². The van der Waals surface area contributed by atoms with Crippen LogP contribution in [0.5, 0.6) is 0 Å². The monoisotopic (exact) mass is 378 g/mol. The molecule has 2 aromatic rings. The number of ether oxygens (including phenoxy) is 2. The number of nitrogens with zero attached hydrogens (tertiary/aromatic N) is 4. The van der Waals surface area contributed by atoms with Crippen LogP contribution in [0.1, 0.15) is 24.2 Å². The van der Waals surface area contributed by atoms with Crippen LogP contribution in [-0.4, -0.2) is 75.7 Å². The van der Waals surface area contributed by atoms with Crippen molar-refractivity contribution >= 4 is 17.1 Å². The molecule has 1 atom stereocenters. The molecule has 0 aromatic carbocycles. The lowest BCUT2D eigenvalue weighted by atomic mass is 10.2. The largest absolute Gasteiger partial charge is 0.478 e. The van der Waals surface area contributed by atoms with Crippen LogP contribution < -0.4 is 5.69 Å². The molecule has 1 aliphatic heterocycles. The number of fused-ring (bicyclic) bond motifs is 1. The molecule has 0 bridgehead atoms. The van der Waals surface area contributed by atoms with E-state index in [1.54, 1.807) is 9.13 Å². The number of hydrogen-bond donors (Lipinski definition) is 1. The molecule has 1 N–H and O–H groups in total. The summed E-state index contributed by atoms with van der Waals surface area (Å²) in [6.45, 7) is 8.76. The van der Waals surface area contributed by atoms with Gasteiger partial charge in [-0.1, -0.05) is 0 Å². The Hall–Kier alpha value is -2.23. The summed E-state index contributed by atoms with van der Waals surface area (Å²) in [5.74, 6) is -1.06. The number of hydrogen-bond acceptors (Lipinski definition) is 6. The van der Waals surface area contributed by atoms with Gasteiger partial charge in [0.1, 0.15) is 0 Å². The molecule has 0 amide bonds. The first-order valence-corrected chi connectivity index (χ1v) is 9.24. The zero-order chi connectivity index (χ0) is 19.4. The van der Waals surface area contributed by atoms with Gasteiger partial charge in [-0.3, -0.25) is 14.0 Å². The van der Waals surface area contributed by atoms with Crippen LogP contribution in [0.4, 0.5) is 0 Å². The van der Waals surface area contributed by atoms with Crippen LogP contribution in [0.2, 0.25) is 0 Å². The van der Waals surface area contributed by atoms with Gasteiger partial charge < -0.3 is 14.6 Å². The van der Waals surface area contributed by atoms with Crippen LogP contribution >= 0.6 is 0 Å². The maximum Gasteiger partial charge on any atom is 0.337 e. The van der Waals surface area contributed by atoms with E-state index in [1.807, 2.05) is 6.92 Å². The van der Waals surface area contributed by atoms with Gasteiger partial charge in [-0.15, -0.1) is 0 Å². The van der Waals surface area contributed by atoms with Gasteiger partial charge in [-0.25, -0.2) is 14.6 Å². The lowest BCUT2D eigenvalue weighted by molar-refractivity contribution is 0.0169. The Balaban J connectivity index is 1.97. The number of pyridine rings is 1. The van der Waals surface area contributed by atoms with Gasteiger partial charge in [0, 0.05) is 38.5 Å². The number of aromatic carboxylic acids is 1. The molecule has 27 heavy (non-hydrogen) atoms. The van der Waals surface area contributed by atoms with E-state index in [4.69, 9.17) is 9.47 Å². The topological polar surface area (TPSA) is 98.8 Å². The van der Waals surface area contributed by atoms with Gasteiger partial charge in [-0.05, 0) is 19.9 Å². The Morgan fingerprint density at radius 2 is 2.11 bits per heavy atom. The summed E-state index contributed by atoms with van der Waals surface area (Å²) >= 11 is 0. The maximum atomic E-state index is 13.0. The summed E-state index contributed by atoms with van der Waals surface area (Å²) in [7, 11) is 0. The molecule has 1 fully saturated rings. The van der Waals surface area contributed by atoms with Gasteiger partial charge in [0.15, 0.2) is 5.65 Å². The predicted molar refractivity (Wildman–Crippen MR) is 99.3 cm³/mol. The summed E-state index contributed by atoms with van der Waals surface area (Å²) in [6, 6.07) is 1.64. The number of carboxylic acid groups (broad SMARTS) is 1. The number of morpholine rings is 1. The van der Waals surface area contributed by atoms with Crippen LogP contribution in [0.3, 0.4) is 0 Å². The van der Waals surface area contributed by atoms with Crippen molar-refractivity contribution in [2.24, 2.45) is 0 Å². The summed E-state index contributed by atoms with van der Waals surface area (Å²) < 4.78 is 14.0. The lowest BCUT2D eigenvalue weighted by Crippen LogP contribution is -2.45. The van der Waals surface area contributed by atoms with Gasteiger partial charge in [0.05, 0.1) is 37.4 Å². The van der Waals surface area contributed by atoms with E-state index in [0.29, 0.717) is 50.7 Å². The molecule has 9 heteroatoms. The van der Waals surface area contributed by atoms with Crippen molar-refractivity contribution in [3.8, 4) is 0 Å². The highest BCUT2D eigenvalue weighted by atomic mass is 16.5. The predicted octanol–water partition coefficient (Wildman–Crippen LogP) is 0.653. The number of carboxylic acids is 1. The standard InChI is InChI=1S/C18H26N4O5/c1-3-26-9-6-21-16-15(10-14(11-19-16)17(23)24)22(18(21)25)12-13(2)20-4-7-27-8-5-20/h10-11,13H,3-9,12H2,1-2H3,(H,23,24)/t13-/m0/s1. The first-order valence-electron chi connectivity index (χ1n) is 9.24. The van der Waals surface area contributed by atoms with Crippen LogP contribution in [0, 0.1) is 0 Å². The fraction of sp³-hybridized carbons (Fsp3) is 0.611. The number of carbonyl (C=O) groups is 1. The van der Waals surface area contributed by atoms with E-state index < -0.39 is 5.97 Å². The van der Waals surface area contributed by atoms with Crippen molar-refractivity contribution < 1.29 is 19.4 Å². The van der Waals surface area contributed by atoms with Crippen LogP contribution in [-0.2, 0) is 22.6 Å². The molecule has 0 unspecified atom stereocenters.